The molecule has 0 bridgehead atoms. The number of halogens is 1. The molecule has 0 aliphatic rings. The number of para-hydroxylation sites is 2. The molecule has 1 aromatic heterocycles. The molecule has 3 rings (SSSR count). The Morgan fingerprint density at radius 3 is 2.76 bits per heavy atom. The average Bonchev–Trinajstić information content (AvgIpc) is 2.77. The summed E-state index contributed by atoms with van der Waals surface area (Å²) < 4.78 is 16.1. The van der Waals surface area contributed by atoms with Gasteiger partial charge in [-0.2, -0.15) is 0 Å². The highest BCUT2D eigenvalue weighted by Gasteiger charge is 2.10. The van der Waals surface area contributed by atoms with Gasteiger partial charge in [-0.1, -0.05) is 24.3 Å². The standard InChI is InChI=1S/C16H15FN4/c1-10-20-14-4-2-3-5-15(14)21(10)9-12-7-6-11(16(18)19)8-13(12)17/h2-8H,9H2,1H3,(H3,18,19). The molecule has 0 saturated heterocycles. The smallest absolute Gasteiger partial charge is 0.128 e. The van der Waals surface area contributed by atoms with Crippen molar-refractivity contribution in [2.24, 2.45) is 5.73 Å². The Kier molecular flexibility index (Phi) is 3.17. The van der Waals surface area contributed by atoms with Crippen LogP contribution in [-0.4, -0.2) is 15.4 Å². The number of hydrogen-bond acceptors (Lipinski definition) is 2. The summed E-state index contributed by atoms with van der Waals surface area (Å²) in [6.07, 6.45) is 0. The first kappa shape index (κ1) is 13.3. The molecule has 0 fully saturated rings. The van der Waals surface area contributed by atoms with Crippen LogP contribution in [-0.2, 0) is 6.54 Å². The van der Waals surface area contributed by atoms with E-state index in [9.17, 15) is 4.39 Å². The molecular weight excluding hydrogens is 267 g/mol. The molecule has 21 heavy (non-hydrogen) atoms. The molecule has 0 radical (unpaired) electrons. The van der Waals surface area contributed by atoms with E-state index >= 15 is 0 Å². The van der Waals surface area contributed by atoms with E-state index in [1.165, 1.54) is 6.07 Å². The Morgan fingerprint density at radius 2 is 2.05 bits per heavy atom. The summed E-state index contributed by atoms with van der Waals surface area (Å²) in [5, 5.41) is 7.34. The van der Waals surface area contributed by atoms with E-state index in [1.54, 1.807) is 12.1 Å². The molecule has 4 nitrogen and oxygen atoms in total. The van der Waals surface area contributed by atoms with Crippen LogP contribution in [0.15, 0.2) is 42.5 Å². The Hall–Kier alpha value is -2.69. The third-order valence-electron chi connectivity index (χ3n) is 3.54. The zero-order valence-corrected chi connectivity index (χ0v) is 11.6. The molecule has 0 unspecified atom stereocenters. The Morgan fingerprint density at radius 1 is 1.29 bits per heavy atom. The van der Waals surface area contributed by atoms with Gasteiger partial charge in [-0.3, -0.25) is 5.41 Å². The normalized spacial score (nSPS) is 11.0. The molecule has 0 aliphatic carbocycles. The summed E-state index contributed by atoms with van der Waals surface area (Å²) in [6, 6.07) is 12.4. The number of benzene rings is 2. The molecule has 3 aromatic rings. The van der Waals surface area contributed by atoms with Crippen LogP contribution >= 0.6 is 0 Å². The largest absolute Gasteiger partial charge is 0.384 e. The second-order valence-electron chi connectivity index (χ2n) is 4.95. The van der Waals surface area contributed by atoms with Crippen molar-refractivity contribution in [2.45, 2.75) is 13.5 Å². The minimum absolute atomic E-state index is 0.135. The van der Waals surface area contributed by atoms with E-state index in [0.29, 0.717) is 17.7 Å². The van der Waals surface area contributed by atoms with E-state index in [0.717, 1.165) is 16.9 Å². The monoisotopic (exact) mass is 282 g/mol. The molecule has 106 valence electrons. The summed E-state index contributed by atoms with van der Waals surface area (Å²) in [5.74, 6) is 0.343. The summed E-state index contributed by atoms with van der Waals surface area (Å²) in [5.41, 5.74) is 8.18. The molecule has 5 heteroatoms. The van der Waals surface area contributed by atoms with Crippen molar-refractivity contribution in [2.75, 3.05) is 0 Å². The van der Waals surface area contributed by atoms with Gasteiger partial charge < -0.3 is 10.3 Å². The van der Waals surface area contributed by atoms with E-state index in [4.69, 9.17) is 11.1 Å². The lowest BCUT2D eigenvalue weighted by Gasteiger charge is -2.09. The van der Waals surface area contributed by atoms with Gasteiger partial charge in [-0.05, 0) is 25.1 Å². The first-order valence-corrected chi connectivity index (χ1v) is 6.61. The second-order valence-corrected chi connectivity index (χ2v) is 4.95. The number of hydrogen-bond donors (Lipinski definition) is 2. The molecule has 3 N–H and O–H groups in total. The lowest BCUT2D eigenvalue weighted by molar-refractivity contribution is 0.599. The van der Waals surface area contributed by atoms with Crippen molar-refractivity contribution >= 4 is 16.9 Å². The van der Waals surface area contributed by atoms with Gasteiger partial charge in [0.2, 0.25) is 0 Å². The number of rotatable bonds is 3. The molecule has 1 heterocycles. The van der Waals surface area contributed by atoms with Crippen LogP contribution in [0.4, 0.5) is 4.39 Å². The SMILES string of the molecule is Cc1nc2ccccc2n1Cc1ccc(C(=N)N)cc1F. The molecule has 0 aliphatic heterocycles. The van der Waals surface area contributed by atoms with E-state index < -0.39 is 0 Å². The van der Waals surface area contributed by atoms with Crippen LogP contribution in [0.25, 0.3) is 11.0 Å². The average molecular weight is 282 g/mol. The van der Waals surface area contributed by atoms with Crippen molar-refractivity contribution in [3.63, 3.8) is 0 Å². The van der Waals surface area contributed by atoms with Crippen molar-refractivity contribution < 1.29 is 4.39 Å². The van der Waals surface area contributed by atoms with E-state index in [1.807, 2.05) is 35.8 Å². The Labute approximate surface area is 121 Å². The number of aromatic nitrogens is 2. The fourth-order valence-electron chi connectivity index (χ4n) is 2.41. The first-order valence-electron chi connectivity index (χ1n) is 6.61. The van der Waals surface area contributed by atoms with Crippen molar-refractivity contribution in [1.82, 2.24) is 9.55 Å². The maximum absolute atomic E-state index is 14.1. The zero-order chi connectivity index (χ0) is 15.0. The topological polar surface area (TPSA) is 67.7 Å². The van der Waals surface area contributed by atoms with Gasteiger partial charge in [0.05, 0.1) is 17.6 Å². The van der Waals surface area contributed by atoms with Crippen LogP contribution in [0, 0.1) is 18.2 Å². The van der Waals surface area contributed by atoms with Gasteiger partial charge in [-0.15, -0.1) is 0 Å². The molecule has 2 aromatic carbocycles. The van der Waals surface area contributed by atoms with Crippen LogP contribution in [0.3, 0.4) is 0 Å². The van der Waals surface area contributed by atoms with Crippen LogP contribution in [0.1, 0.15) is 17.0 Å². The fraction of sp³-hybridized carbons (Fsp3) is 0.125. The molecule has 0 atom stereocenters. The number of nitrogens with zero attached hydrogens (tertiary/aromatic N) is 2. The predicted molar refractivity (Wildman–Crippen MR) is 81.0 cm³/mol. The summed E-state index contributed by atoms with van der Waals surface area (Å²) in [6.45, 7) is 2.30. The lowest BCUT2D eigenvalue weighted by atomic mass is 10.1. The number of imidazole rings is 1. The molecule has 0 saturated carbocycles. The number of amidine groups is 1. The van der Waals surface area contributed by atoms with Crippen LogP contribution in [0.2, 0.25) is 0 Å². The minimum atomic E-state index is -0.361. The van der Waals surface area contributed by atoms with Crippen molar-refractivity contribution in [3.05, 3.63) is 65.2 Å². The van der Waals surface area contributed by atoms with Gasteiger partial charge >= 0.3 is 0 Å². The van der Waals surface area contributed by atoms with Gasteiger partial charge in [0.1, 0.15) is 17.5 Å². The maximum Gasteiger partial charge on any atom is 0.128 e. The van der Waals surface area contributed by atoms with Crippen molar-refractivity contribution in [1.29, 1.82) is 5.41 Å². The molecule has 0 amide bonds. The van der Waals surface area contributed by atoms with Crippen molar-refractivity contribution in [3.8, 4) is 0 Å². The highest BCUT2D eigenvalue weighted by Crippen LogP contribution is 2.19. The quantitative estimate of drug-likeness (QED) is 0.573. The van der Waals surface area contributed by atoms with E-state index in [2.05, 4.69) is 4.98 Å². The summed E-state index contributed by atoms with van der Waals surface area (Å²) in [4.78, 5) is 4.47. The van der Waals surface area contributed by atoms with Gasteiger partial charge in [0.15, 0.2) is 0 Å². The van der Waals surface area contributed by atoms with Crippen LogP contribution < -0.4 is 5.73 Å². The summed E-state index contributed by atoms with van der Waals surface area (Å²) in [7, 11) is 0. The molecular formula is C16H15FN4. The Balaban J connectivity index is 2.03. The number of aryl methyl sites for hydroxylation is 1. The van der Waals surface area contributed by atoms with Gasteiger partial charge in [-0.25, -0.2) is 9.37 Å². The van der Waals surface area contributed by atoms with Crippen LogP contribution in [0.5, 0.6) is 0 Å². The fourth-order valence-corrected chi connectivity index (χ4v) is 2.41. The zero-order valence-electron chi connectivity index (χ0n) is 11.6. The third-order valence-corrected chi connectivity index (χ3v) is 3.54. The number of fused-ring (bicyclic) bond motifs is 1. The van der Waals surface area contributed by atoms with Gasteiger partial charge in [0.25, 0.3) is 0 Å². The number of nitrogens with one attached hydrogen (secondary N) is 1. The maximum atomic E-state index is 14.1. The highest BCUT2D eigenvalue weighted by molar-refractivity contribution is 5.94. The minimum Gasteiger partial charge on any atom is -0.384 e. The number of nitrogen functional groups attached to an aromatic ring is 1. The second kappa shape index (κ2) is 5.01. The Bertz CT molecular complexity index is 835. The molecule has 0 spiro atoms. The van der Waals surface area contributed by atoms with Gasteiger partial charge in [0, 0.05) is 11.1 Å². The van der Waals surface area contributed by atoms with E-state index in [-0.39, 0.29) is 11.7 Å². The predicted octanol–water partition coefficient (Wildman–Crippen LogP) is 2.82. The first-order chi connectivity index (χ1) is 10.1. The number of nitrogens with two attached hydrogens (primary N) is 1. The summed E-state index contributed by atoms with van der Waals surface area (Å²) >= 11 is 0. The highest BCUT2D eigenvalue weighted by atomic mass is 19.1. The lowest BCUT2D eigenvalue weighted by Crippen LogP contribution is -2.12. The third kappa shape index (κ3) is 2.38.